The van der Waals surface area contributed by atoms with Gasteiger partial charge in [-0.3, -0.25) is 4.79 Å². The minimum atomic E-state index is -0.259. The SMILES string of the molecule is Cc1ccccc1NC(=O)c1cc(NC(C)C)nc(-c2ccccc2)n1. The predicted molar refractivity (Wildman–Crippen MR) is 105 cm³/mol. The molecule has 1 heterocycles. The van der Waals surface area contributed by atoms with Crippen LogP contribution in [0.15, 0.2) is 60.7 Å². The average Bonchev–Trinajstić information content (AvgIpc) is 2.63. The summed E-state index contributed by atoms with van der Waals surface area (Å²) in [5.74, 6) is 0.889. The van der Waals surface area contributed by atoms with Crippen LogP contribution in [0.4, 0.5) is 11.5 Å². The van der Waals surface area contributed by atoms with Crippen molar-refractivity contribution in [3.63, 3.8) is 0 Å². The Morgan fingerprint density at radius 2 is 1.65 bits per heavy atom. The summed E-state index contributed by atoms with van der Waals surface area (Å²) in [4.78, 5) is 21.8. The maximum absolute atomic E-state index is 12.8. The molecule has 1 amide bonds. The monoisotopic (exact) mass is 346 g/mol. The molecule has 5 heteroatoms. The van der Waals surface area contributed by atoms with Gasteiger partial charge in [-0.2, -0.15) is 0 Å². The molecule has 0 spiro atoms. The zero-order chi connectivity index (χ0) is 18.5. The topological polar surface area (TPSA) is 66.9 Å². The number of anilines is 2. The van der Waals surface area contributed by atoms with E-state index in [1.807, 2.05) is 75.4 Å². The fraction of sp³-hybridized carbons (Fsp3) is 0.190. The van der Waals surface area contributed by atoms with Crippen LogP contribution >= 0.6 is 0 Å². The van der Waals surface area contributed by atoms with E-state index in [0.717, 1.165) is 16.8 Å². The van der Waals surface area contributed by atoms with Gasteiger partial charge in [-0.15, -0.1) is 0 Å². The number of rotatable bonds is 5. The first-order valence-electron chi connectivity index (χ1n) is 8.61. The summed E-state index contributed by atoms with van der Waals surface area (Å²) in [6.45, 7) is 6.01. The van der Waals surface area contributed by atoms with Crippen molar-refractivity contribution in [1.29, 1.82) is 0 Å². The molecule has 0 bridgehead atoms. The zero-order valence-electron chi connectivity index (χ0n) is 15.2. The minimum Gasteiger partial charge on any atom is -0.368 e. The smallest absolute Gasteiger partial charge is 0.274 e. The lowest BCUT2D eigenvalue weighted by Gasteiger charge is -2.13. The summed E-state index contributed by atoms with van der Waals surface area (Å²) in [6, 6.07) is 19.2. The molecule has 0 atom stereocenters. The lowest BCUT2D eigenvalue weighted by Crippen LogP contribution is -2.18. The molecule has 3 aromatic rings. The van der Waals surface area contributed by atoms with Crippen LogP contribution in [0, 0.1) is 6.92 Å². The third kappa shape index (κ3) is 4.25. The maximum atomic E-state index is 12.8. The van der Waals surface area contributed by atoms with Crippen molar-refractivity contribution in [2.24, 2.45) is 0 Å². The van der Waals surface area contributed by atoms with Gasteiger partial charge in [0.25, 0.3) is 5.91 Å². The molecule has 0 unspecified atom stereocenters. The normalized spacial score (nSPS) is 10.6. The van der Waals surface area contributed by atoms with Gasteiger partial charge in [0.1, 0.15) is 11.5 Å². The molecule has 2 aromatic carbocycles. The highest BCUT2D eigenvalue weighted by atomic mass is 16.1. The number of carbonyl (C=O) groups is 1. The summed E-state index contributed by atoms with van der Waals surface area (Å²) in [7, 11) is 0. The van der Waals surface area contributed by atoms with Crippen molar-refractivity contribution in [3.8, 4) is 11.4 Å². The Bertz CT molecular complexity index is 907. The molecule has 0 aliphatic carbocycles. The van der Waals surface area contributed by atoms with Crippen LogP contribution in [-0.2, 0) is 0 Å². The molecule has 0 aliphatic rings. The lowest BCUT2D eigenvalue weighted by atomic mass is 10.2. The number of hydrogen-bond acceptors (Lipinski definition) is 4. The Kier molecular flexibility index (Phi) is 5.27. The van der Waals surface area contributed by atoms with E-state index in [1.54, 1.807) is 6.07 Å². The highest BCUT2D eigenvalue weighted by Gasteiger charge is 2.14. The number of nitrogens with one attached hydrogen (secondary N) is 2. The van der Waals surface area contributed by atoms with Crippen molar-refractivity contribution in [1.82, 2.24) is 9.97 Å². The Balaban J connectivity index is 1.97. The first kappa shape index (κ1) is 17.6. The van der Waals surface area contributed by atoms with Crippen molar-refractivity contribution >= 4 is 17.4 Å². The summed E-state index contributed by atoms with van der Waals surface area (Å²) < 4.78 is 0. The van der Waals surface area contributed by atoms with Crippen LogP contribution in [0.1, 0.15) is 29.9 Å². The molecule has 0 fully saturated rings. The van der Waals surface area contributed by atoms with Gasteiger partial charge in [-0.25, -0.2) is 9.97 Å². The molecule has 132 valence electrons. The number of aromatic nitrogens is 2. The summed E-state index contributed by atoms with van der Waals surface area (Å²) >= 11 is 0. The van der Waals surface area contributed by atoms with Crippen LogP contribution in [0.3, 0.4) is 0 Å². The number of hydrogen-bond donors (Lipinski definition) is 2. The first-order chi connectivity index (χ1) is 12.5. The first-order valence-corrected chi connectivity index (χ1v) is 8.61. The second kappa shape index (κ2) is 7.78. The highest BCUT2D eigenvalue weighted by Crippen LogP contribution is 2.20. The highest BCUT2D eigenvalue weighted by molar-refractivity contribution is 6.03. The third-order valence-corrected chi connectivity index (χ3v) is 3.82. The summed E-state index contributed by atoms with van der Waals surface area (Å²) in [5, 5.41) is 6.18. The molecular formula is C21H22N4O. The third-order valence-electron chi connectivity index (χ3n) is 3.82. The van der Waals surface area contributed by atoms with Crippen LogP contribution < -0.4 is 10.6 Å². The van der Waals surface area contributed by atoms with Crippen LogP contribution in [0.25, 0.3) is 11.4 Å². The van der Waals surface area contributed by atoms with Gasteiger partial charge in [-0.1, -0.05) is 48.5 Å². The van der Waals surface area contributed by atoms with E-state index in [1.165, 1.54) is 0 Å². The molecule has 2 N–H and O–H groups in total. The van der Waals surface area contributed by atoms with E-state index < -0.39 is 0 Å². The molecule has 1 aromatic heterocycles. The minimum absolute atomic E-state index is 0.195. The molecule has 26 heavy (non-hydrogen) atoms. The van der Waals surface area contributed by atoms with Gasteiger partial charge in [0.2, 0.25) is 0 Å². The molecule has 0 aliphatic heterocycles. The molecule has 3 rings (SSSR count). The van der Waals surface area contributed by atoms with Gasteiger partial charge in [0, 0.05) is 23.4 Å². The Morgan fingerprint density at radius 3 is 2.35 bits per heavy atom. The Morgan fingerprint density at radius 1 is 0.962 bits per heavy atom. The van der Waals surface area contributed by atoms with Crippen LogP contribution in [-0.4, -0.2) is 21.9 Å². The van der Waals surface area contributed by atoms with Crippen molar-refractivity contribution in [2.45, 2.75) is 26.8 Å². The van der Waals surface area contributed by atoms with E-state index in [2.05, 4.69) is 20.6 Å². The van der Waals surface area contributed by atoms with Crippen molar-refractivity contribution in [3.05, 3.63) is 71.9 Å². The summed E-state index contributed by atoms with van der Waals surface area (Å²) in [6.07, 6.45) is 0. The second-order valence-corrected chi connectivity index (χ2v) is 6.40. The van der Waals surface area contributed by atoms with E-state index in [4.69, 9.17) is 0 Å². The average molecular weight is 346 g/mol. The largest absolute Gasteiger partial charge is 0.368 e. The maximum Gasteiger partial charge on any atom is 0.274 e. The van der Waals surface area contributed by atoms with E-state index in [9.17, 15) is 4.79 Å². The van der Waals surface area contributed by atoms with Gasteiger partial charge >= 0.3 is 0 Å². The molecule has 5 nitrogen and oxygen atoms in total. The Hall–Kier alpha value is -3.21. The second-order valence-electron chi connectivity index (χ2n) is 6.40. The Labute approximate surface area is 153 Å². The standard InChI is InChI=1S/C21H22N4O/c1-14(2)22-19-13-18(21(26)24-17-12-8-7-9-15(17)3)23-20(25-19)16-10-5-4-6-11-16/h4-14H,1-3H3,(H,24,26)(H,22,23,25). The lowest BCUT2D eigenvalue weighted by molar-refractivity contribution is 0.102. The van der Waals surface area contributed by atoms with Gasteiger partial charge in [0.15, 0.2) is 5.82 Å². The van der Waals surface area contributed by atoms with Crippen molar-refractivity contribution < 1.29 is 4.79 Å². The van der Waals surface area contributed by atoms with Crippen LogP contribution in [0.5, 0.6) is 0 Å². The quantitative estimate of drug-likeness (QED) is 0.712. The number of benzene rings is 2. The van der Waals surface area contributed by atoms with E-state index in [0.29, 0.717) is 17.3 Å². The predicted octanol–water partition coefficient (Wildman–Crippen LogP) is 4.52. The van der Waals surface area contributed by atoms with Gasteiger partial charge in [0.05, 0.1) is 0 Å². The molecule has 0 saturated carbocycles. The molecule has 0 saturated heterocycles. The number of nitrogens with zero attached hydrogens (tertiary/aromatic N) is 2. The van der Waals surface area contributed by atoms with Gasteiger partial charge < -0.3 is 10.6 Å². The van der Waals surface area contributed by atoms with Crippen LogP contribution in [0.2, 0.25) is 0 Å². The number of amides is 1. The van der Waals surface area contributed by atoms with Gasteiger partial charge in [-0.05, 0) is 32.4 Å². The zero-order valence-corrected chi connectivity index (χ0v) is 15.2. The molecular weight excluding hydrogens is 324 g/mol. The summed E-state index contributed by atoms with van der Waals surface area (Å²) in [5.41, 5.74) is 2.96. The fourth-order valence-corrected chi connectivity index (χ4v) is 2.55. The van der Waals surface area contributed by atoms with Crippen molar-refractivity contribution in [2.75, 3.05) is 10.6 Å². The number of aryl methyl sites for hydroxylation is 1. The van der Waals surface area contributed by atoms with E-state index >= 15 is 0 Å². The number of para-hydroxylation sites is 1. The fourth-order valence-electron chi connectivity index (χ4n) is 2.55. The molecule has 0 radical (unpaired) electrons. The number of carbonyl (C=O) groups excluding carboxylic acids is 1. The van der Waals surface area contributed by atoms with E-state index in [-0.39, 0.29) is 11.9 Å².